The van der Waals surface area contributed by atoms with Crippen molar-refractivity contribution in [1.82, 2.24) is 10.3 Å². The Hall–Kier alpha value is -2.21. The molecule has 0 spiro atoms. The number of hydrogen-bond donors (Lipinski definition) is 1. The molecule has 2 aromatic rings. The Morgan fingerprint density at radius 3 is 2.19 bits per heavy atom. The van der Waals surface area contributed by atoms with Gasteiger partial charge in [-0.15, -0.1) is 0 Å². The van der Waals surface area contributed by atoms with Crippen molar-refractivity contribution in [3.8, 4) is 0 Å². The van der Waals surface area contributed by atoms with Crippen molar-refractivity contribution in [1.29, 1.82) is 0 Å². The van der Waals surface area contributed by atoms with Crippen LogP contribution in [0.3, 0.4) is 0 Å². The van der Waals surface area contributed by atoms with E-state index in [9.17, 15) is 13.2 Å². The summed E-state index contributed by atoms with van der Waals surface area (Å²) in [6.07, 6.45) is 3.13. The third-order valence-electron chi connectivity index (χ3n) is 4.29. The number of rotatable bonds is 7. The van der Waals surface area contributed by atoms with Gasteiger partial charge in [-0.2, -0.15) is 0 Å². The molecule has 1 atom stereocenters. The summed E-state index contributed by atoms with van der Waals surface area (Å²) in [7, 11) is -3.67. The highest BCUT2D eigenvalue weighted by Crippen LogP contribution is 2.29. The lowest BCUT2D eigenvalue weighted by atomic mass is 10.0. The predicted molar refractivity (Wildman–Crippen MR) is 103 cm³/mol. The first-order chi connectivity index (χ1) is 12.2. The number of aromatic nitrogens is 1. The average molecular weight is 375 g/mol. The number of hydrogen-bond acceptors (Lipinski definition) is 4. The maximum atomic E-state index is 13.2. The summed E-state index contributed by atoms with van der Waals surface area (Å²) in [6, 6.07) is 10.4. The van der Waals surface area contributed by atoms with Crippen LogP contribution in [-0.4, -0.2) is 25.9 Å². The molecule has 2 rings (SSSR count). The second-order valence-corrected chi connectivity index (χ2v) is 9.07. The van der Waals surface area contributed by atoms with Gasteiger partial charge in [0.15, 0.2) is 9.84 Å². The highest BCUT2D eigenvalue weighted by atomic mass is 32.2. The van der Waals surface area contributed by atoms with Crippen LogP contribution in [0.15, 0.2) is 53.7 Å². The second kappa shape index (κ2) is 8.45. The number of nitrogens with one attached hydrogen (secondary N) is 1. The molecule has 0 saturated heterocycles. The topological polar surface area (TPSA) is 76.1 Å². The Labute approximate surface area is 155 Å². The molecule has 1 N–H and O–H groups in total. The van der Waals surface area contributed by atoms with E-state index < -0.39 is 15.1 Å². The molecule has 0 aliphatic rings. The number of carbonyl (C=O) groups is 1. The van der Waals surface area contributed by atoms with Gasteiger partial charge in [0.1, 0.15) is 5.25 Å². The molecule has 140 valence electrons. The van der Waals surface area contributed by atoms with Gasteiger partial charge in [0, 0.05) is 24.9 Å². The summed E-state index contributed by atoms with van der Waals surface area (Å²) >= 11 is 0. The van der Waals surface area contributed by atoms with Gasteiger partial charge in [0.2, 0.25) is 5.91 Å². The fraction of sp³-hybridized carbons (Fsp3) is 0.400. The number of nitrogens with zero attached hydrogens (tertiary/aromatic N) is 1. The SMILES string of the molecule is CC(C)C(=O)NC[C@H](c1cccnc1)S(=O)(=O)c1ccc(C(C)C)cc1. The molecule has 1 amide bonds. The third-order valence-corrected chi connectivity index (χ3v) is 6.41. The summed E-state index contributed by atoms with van der Waals surface area (Å²) in [4.78, 5) is 16.2. The molecule has 0 unspecified atom stereocenters. The van der Waals surface area contributed by atoms with Gasteiger partial charge < -0.3 is 5.32 Å². The molecule has 0 saturated carbocycles. The second-order valence-electron chi connectivity index (χ2n) is 6.94. The maximum Gasteiger partial charge on any atom is 0.222 e. The van der Waals surface area contributed by atoms with Crippen molar-refractivity contribution in [2.45, 2.75) is 43.8 Å². The van der Waals surface area contributed by atoms with Crippen LogP contribution in [0.4, 0.5) is 0 Å². The van der Waals surface area contributed by atoms with Crippen LogP contribution in [0, 0.1) is 5.92 Å². The van der Waals surface area contributed by atoms with Crippen molar-refractivity contribution in [3.63, 3.8) is 0 Å². The monoisotopic (exact) mass is 374 g/mol. The average Bonchev–Trinajstić information content (AvgIpc) is 2.62. The minimum atomic E-state index is -3.67. The van der Waals surface area contributed by atoms with Crippen LogP contribution in [0.5, 0.6) is 0 Å². The molecule has 1 aromatic heterocycles. The van der Waals surface area contributed by atoms with Crippen molar-refractivity contribution in [3.05, 3.63) is 59.9 Å². The zero-order valence-corrected chi connectivity index (χ0v) is 16.5. The van der Waals surface area contributed by atoms with Gasteiger partial charge >= 0.3 is 0 Å². The van der Waals surface area contributed by atoms with Gasteiger partial charge in [0.25, 0.3) is 0 Å². The molecule has 0 aliphatic carbocycles. The molecular weight excluding hydrogens is 348 g/mol. The minimum absolute atomic E-state index is 0.0109. The van der Waals surface area contributed by atoms with E-state index >= 15 is 0 Å². The summed E-state index contributed by atoms with van der Waals surface area (Å²) in [5.41, 5.74) is 1.64. The van der Waals surface area contributed by atoms with Crippen molar-refractivity contribution >= 4 is 15.7 Å². The molecule has 0 radical (unpaired) electrons. The van der Waals surface area contributed by atoms with Gasteiger partial charge in [0.05, 0.1) is 4.90 Å². The molecule has 5 nitrogen and oxygen atoms in total. The van der Waals surface area contributed by atoms with Gasteiger partial charge in [-0.05, 0) is 35.2 Å². The van der Waals surface area contributed by atoms with Crippen LogP contribution in [0.1, 0.15) is 50.0 Å². The first kappa shape index (κ1) is 20.1. The zero-order chi connectivity index (χ0) is 19.3. The Morgan fingerprint density at radius 1 is 1.04 bits per heavy atom. The van der Waals surface area contributed by atoms with Gasteiger partial charge in [-0.25, -0.2) is 8.42 Å². The Bertz CT molecular complexity index is 829. The van der Waals surface area contributed by atoms with Gasteiger partial charge in [-0.1, -0.05) is 45.9 Å². The number of amides is 1. The first-order valence-electron chi connectivity index (χ1n) is 8.75. The zero-order valence-electron chi connectivity index (χ0n) is 15.6. The number of carbonyl (C=O) groups excluding carboxylic acids is 1. The van der Waals surface area contributed by atoms with E-state index in [1.165, 1.54) is 6.20 Å². The minimum Gasteiger partial charge on any atom is -0.354 e. The molecule has 1 aromatic carbocycles. The van der Waals surface area contributed by atoms with E-state index in [2.05, 4.69) is 24.1 Å². The summed E-state index contributed by atoms with van der Waals surface area (Å²) in [5, 5.41) is 1.85. The van der Waals surface area contributed by atoms with E-state index in [1.807, 2.05) is 12.1 Å². The molecule has 0 aliphatic heterocycles. The Morgan fingerprint density at radius 2 is 1.69 bits per heavy atom. The van der Waals surface area contributed by atoms with Crippen molar-refractivity contribution in [2.75, 3.05) is 6.54 Å². The summed E-state index contributed by atoms with van der Waals surface area (Å²) in [5.74, 6) is -0.0620. The van der Waals surface area contributed by atoms with Crippen molar-refractivity contribution in [2.24, 2.45) is 5.92 Å². The molecular formula is C20H26N2O3S. The number of sulfone groups is 1. The third kappa shape index (κ3) is 4.69. The largest absolute Gasteiger partial charge is 0.354 e. The van der Waals surface area contributed by atoms with E-state index in [0.717, 1.165) is 5.56 Å². The molecule has 0 bridgehead atoms. The van der Waals surface area contributed by atoms with Gasteiger partial charge in [-0.3, -0.25) is 9.78 Å². The molecule has 26 heavy (non-hydrogen) atoms. The van der Waals surface area contributed by atoms with Crippen LogP contribution in [-0.2, 0) is 14.6 Å². The smallest absolute Gasteiger partial charge is 0.222 e. The van der Waals surface area contributed by atoms with E-state index in [-0.39, 0.29) is 23.3 Å². The fourth-order valence-corrected chi connectivity index (χ4v) is 4.22. The first-order valence-corrected chi connectivity index (χ1v) is 10.3. The van der Waals surface area contributed by atoms with E-state index in [1.54, 1.807) is 44.3 Å². The fourth-order valence-electron chi connectivity index (χ4n) is 2.58. The standard InChI is InChI=1S/C20H26N2O3S/c1-14(2)16-7-9-18(10-8-16)26(24,25)19(13-22-20(23)15(3)4)17-6-5-11-21-12-17/h5-12,14-15,19H,13H2,1-4H3,(H,22,23)/t19-/m1/s1. The number of benzene rings is 1. The highest BCUT2D eigenvalue weighted by molar-refractivity contribution is 7.91. The molecule has 0 fully saturated rings. The Kier molecular flexibility index (Phi) is 6.53. The quantitative estimate of drug-likeness (QED) is 0.805. The lowest BCUT2D eigenvalue weighted by Crippen LogP contribution is -2.34. The van der Waals surface area contributed by atoms with Crippen LogP contribution >= 0.6 is 0 Å². The summed E-state index contributed by atoms with van der Waals surface area (Å²) in [6.45, 7) is 7.67. The lowest BCUT2D eigenvalue weighted by molar-refractivity contribution is -0.123. The number of pyridine rings is 1. The predicted octanol–water partition coefficient (Wildman–Crippen LogP) is 3.49. The maximum absolute atomic E-state index is 13.2. The van der Waals surface area contributed by atoms with Crippen LogP contribution in [0.25, 0.3) is 0 Å². The van der Waals surface area contributed by atoms with Crippen molar-refractivity contribution < 1.29 is 13.2 Å². The van der Waals surface area contributed by atoms with Crippen LogP contribution < -0.4 is 5.32 Å². The highest BCUT2D eigenvalue weighted by Gasteiger charge is 2.30. The normalized spacial score (nSPS) is 13.0. The summed E-state index contributed by atoms with van der Waals surface area (Å²) < 4.78 is 26.4. The lowest BCUT2D eigenvalue weighted by Gasteiger charge is -2.20. The van der Waals surface area contributed by atoms with Crippen LogP contribution in [0.2, 0.25) is 0 Å². The molecule has 1 heterocycles. The van der Waals surface area contributed by atoms with E-state index in [0.29, 0.717) is 11.5 Å². The molecule has 6 heteroatoms. The van der Waals surface area contributed by atoms with E-state index in [4.69, 9.17) is 0 Å². The Balaban J connectivity index is 2.37.